The Morgan fingerprint density at radius 3 is 2.71 bits per heavy atom. The largest absolute Gasteiger partial charge is 0.477 e. The Morgan fingerprint density at radius 2 is 2.00 bits per heavy atom. The van der Waals surface area contributed by atoms with Gasteiger partial charge in [0.05, 0.1) is 18.3 Å². The summed E-state index contributed by atoms with van der Waals surface area (Å²) in [4.78, 5) is 16.6. The molecular formula is C25H26N4O5S. The number of pyridine rings is 1. The predicted molar refractivity (Wildman–Crippen MR) is 134 cm³/mol. The van der Waals surface area contributed by atoms with E-state index < -0.39 is 21.2 Å². The third-order valence-corrected chi connectivity index (χ3v) is 8.41. The van der Waals surface area contributed by atoms with Crippen molar-refractivity contribution in [3.63, 3.8) is 0 Å². The van der Waals surface area contributed by atoms with Gasteiger partial charge in [-0.1, -0.05) is 24.3 Å². The zero-order chi connectivity index (χ0) is 24.7. The molecule has 5 rings (SSSR count). The van der Waals surface area contributed by atoms with E-state index >= 15 is 0 Å². The second kappa shape index (κ2) is 8.95. The highest BCUT2D eigenvalue weighted by Crippen LogP contribution is 2.30. The smallest absolute Gasteiger partial charge is 0.352 e. The molecule has 9 nitrogen and oxygen atoms in total. The number of hydrogen-bond donors (Lipinski definition) is 3. The highest BCUT2D eigenvalue weighted by Gasteiger charge is 2.36. The number of rotatable bonds is 7. The van der Waals surface area contributed by atoms with Gasteiger partial charge in [-0.2, -0.15) is 0 Å². The quantitative estimate of drug-likeness (QED) is 0.358. The van der Waals surface area contributed by atoms with Crippen molar-refractivity contribution in [1.82, 2.24) is 9.55 Å². The van der Waals surface area contributed by atoms with Gasteiger partial charge in [0.15, 0.2) is 0 Å². The van der Waals surface area contributed by atoms with Crippen LogP contribution in [0.3, 0.4) is 0 Å². The maximum atomic E-state index is 13.1. The summed E-state index contributed by atoms with van der Waals surface area (Å²) in [5.41, 5.74) is 8.19. The molecule has 35 heavy (non-hydrogen) atoms. The Morgan fingerprint density at radius 1 is 1.20 bits per heavy atom. The van der Waals surface area contributed by atoms with E-state index in [0.717, 1.165) is 16.3 Å². The number of sulfonamides is 1. The van der Waals surface area contributed by atoms with E-state index in [2.05, 4.69) is 9.71 Å². The van der Waals surface area contributed by atoms with Gasteiger partial charge < -0.3 is 20.1 Å². The van der Waals surface area contributed by atoms with Gasteiger partial charge in [0.2, 0.25) is 10.0 Å². The Hall–Kier alpha value is -3.47. The third-order valence-electron chi connectivity index (χ3n) is 6.47. The fraction of sp³-hybridized carbons (Fsp3) is 0.280. The molecule has 1 fully saturated rings. The van der Waals surface area contributed by atoms with Crippen LogP contribution in [0.1, 0.15) is 35.1 Å². The van der Waals surface area contributed by atoms with Gasteiger partial charge in [-0.25, -0.2) is 18.2 Å². The van der Waals surface area contributed by atoms with E-state index in [1.807, 2.05) is 24.3 Å². The Kier molecular flexibility index (Phi) is 5.96. The maximum absolute atomic E-state index is 13.1. The molecular weight excluding hydrogens is 468 g/mol. The van der Waals surface area contributed by atoms with E-state index in [1.165, 1.54) is 0 Å². The van der Waals surface area contributed by atoms with Crippen LogP contribution in [0, 0.1) is 0 Å². The van der Waals surface area contributed by atoms with Crippen LogP contribution in [0.15, 0.2) is 54.6 Å². The molecule has 1 saturated heterocycles. The standard InChI is InChI=1S/C25H26N4O5S/c1-15-23(8-9-34-15)35(32,33)28-20-10-16-4-2-3-5-21(16)18(11-20)14-29-22(25(30)31)12-17-6-7-19(13-26)27-24(17)29/h2-7,10-12,15,23,28H,8-9,13-14,26H2,1H3,(H,30,31). The second-order valence-corrected chi connectivity index (χ2v) is 10.6. The van der Waals surface area contributed by atoms with Crippen molar-refractivity contribution < 1.29 is 23.1 Å². The molecule has 4 aromatic rings. The molecule has 0 saturated carbocycles. The van der Waals surface area contributed by atoms with E-state index in [-0.39, 0.29) is 24.9 Å². The maximum Gasteiger partial charge on any atom is 0.352 e. The number of hydrogen-bond acceptors (Lipinski definition) is 6. The number of nitrogens with one attached hydrogen (secondary N) is 1. The van der Waals surface area contributed by atoms with Crippen molar-refractivity contribution in [3.05, 3.63) is 71.5 Å². The van der Waals surface area contributed by atoms with Crippen LogP contribution in [0.5, 0.6) is 0 Å². The number of aromatic carboxylic acids is 1. The van der Waals surface area contributed by atoms with Crippen molar-refractivity contribution in [3.8, 4) is 0 Å². The normalized spacial score (nSPS) is 18.3. The molecule has 182 valence electrons. The van der Waals surface area contributed by atoms with E-state index in [1.54, 1.807) is 41.8 Å². The molecule has 10 heteroatoms. The number of carbonyl (C=O) groups is 1. The molecule has 4 N–H and O–H groups in total. The average Bonchev–Trinajstić information content (AvgIpc) is 3.42. The summed E-state index contributed by atoms with van der Waals surface area (Å²) in [5, 5.41) is 11.6. The number of nitrogens with zero attached hydrogens (tertiary/aromatic N) is 2. The summed E-state index contributed by atoms with van der Waals surface area (Å²) >= 11 is 0. The van der Waals surface area contributed by atoms with Crippen molar-refractivity contribution in [2.45, 2.75) is 37.8 Å². The molecule has 0 bridgehead atoms. The monoisotopic (exact) mass is 494 g/mol. The van der Waals surface area contributed by atoms with E-state index in [0.29, 0.717) is 35.4 Å². The van der Waals surface area contributed by atoms with Gasteiger partial charge in [-0.05, 0) is 60.0 Å². The zero-order valence-electron chi connectivity index (χ0n) is 19.1. The van der Waals surface area contributed by atoms with Crippen molar-refractivity contribution in [2.75, 3.05) is 11.3 Å². The first-order valence-electron chi connectivity index (χ1n) is 11.3. The molecule has 1 aliphatic heterocycles. The number of fused-ring (bicyclic) bond motifs is 2. The lowest BCUT2D eigenvalue weighted by Gasteiger charge is -2.18. The Labute approximate surface area is 202 Å². The van der Waals surface area contributed by atoms with Crippen molar-refractivity contribution >= 4 is 43.5 Å². The fourth-order valence-electron chi connectivity index (χ4n) is 4.73. The molecule has 0 radical (unpaired) electrons. The van der Waals surface area contributed by atoms with Crippen LogP contribution >= 0.6 is 0 Å². The first-order chi connectivity index (χ1) is 16.8. The van der Waals surface area contributed by atoms with Crippen LogP contribution in [-0.4, -0.2) is 47.0 Å². The number of carboxylic acid groups (broad SMARTS) is 1. The molecule has 0 amide bonds. The fourth-order valence-corrected chi connectivity index (χ4v) is 6.31. The van der Waals surface area contributed by atoms with Crippen LogP contribution < -0.4 is 10.5 Å². The van der Waals surface area contributed by atoms with Gasteiger partial charge in [-0.3, -0.25) is 4.72 Å². The molecule has 2 aromatic carbocycles. The molecule has 2 unspecified atom stereocenters. The molecule has 0 spiro atoms. The summed E-state index contributed by atoms with van der Waals surface area (Å²) < 4.78 is 36.0. The van der Waals surface area contributed by atoms with E-state index in [9.17, 15) is 18.3 Å². The molecule has 1 aliphatic rings. The van der Waals surface area contributed by atoms with Gasteiger partial charge in [0.25, 0.3) is 0 Å². The first kappa shape index (κ1) is 23.3. The number of carboxylic acids is 1. The van der Waals surface area contributed by atoms with Gasteiger partial charge in [-0.15, -0.1) is 0 Å². The first-order valence-corrected chi connectivity index (χ1v) is 12.9. The zero-order valence-corrected chi connectivity index (χ0v) is 20.0. The molecule has 2 aromatic heterocycles. The van der Waals surface area contributed by atoms with E-state index in [4.69, 9.17) is 10.5 Å². The lowest BCUT2D eigenvalue weighted by molar-refractivity contribution is 0.0686. The minimum absolute atomic E-state index is 0.0914. The molecule has 0 aliphatic carbocycles. The number of anilines is 1. The summed E-state index contributed by atoms with van der Waals surface area (Å²) in [7, 11) is -3.68. The summed E-state index contributed by atoms with van der Waals surface area (Å²) in [5.74, 6) is -1.08. The highest BCUT2D eigenvalue weighted by atomic mass is 32.2. The van der Waals surface area contributed by atoms with Crippen LogP contribution in [0.4, 0.5) is 5.69 Å². The SMILES string of the molecule is CC1OCCC1S(=O)(=O)Nc1cc(Cn2c(C(=O)O)cc3ccc(CN)nc32)c2ccccc2c1. The van der Waals surface area contributed by atoms with Gasteiger partial charge in [0.1, 0.15) is 16.6 Å². The lowest BCUT2D eigenvalue weighted by Crippen LogP contribution is -2.33. The Bertz CT molecular complexity index is 1550. The summed E-state index contributed by atoms with van der Waals surface area (Å²) in [6.45, 7) is 2.58. The lowest BCUT2D eigenvalue weighted by atomic mass is 10.0. The number of ether oxygens (including phenoxy) is 1. The molecule has 3 heterocycles. The van der Waals surface area contributed by atoms with Gasteiger partial charge >= 0.3 is 5.97 Å². The van der Waals surface area contributed by atoms with Crippen LogP contribution in [0.25, 0.3) is 21.8 Å². The Balaban J connectivity index is 1.62. The predicted octanol–water partition coefficient (Wildman–Crippen LogP) is 3.31. The van der Waals surface area contributed by atoms with Crippen LogP contribution in [-0.2, 0) is 27.8 Å². The number of aromatic nitrogens is 2. The van der Waals surface area contributed by atoms with Gasteiger partial charge in [0, 0.05) is 24.2 Å². The van der Waals surface area contributed by atoms with Crippen LogP contribution in [0.2, 0.25) is 0 Å². The number of benzene rings is 2. The summed E-state index contributed by atoms with van der Waals surface area (Å²) in [6.07, 6.45) is 0.0447. The minimum Gasteiger partial charge on any atom is -0.477 e. The highest BCUT2D eigenvalue weighted by molar-refractivity contribution is 7.93. The average molecular weight is 495 g/mol. The number of nitrogens with two attached hydrogens (primary N) is 1. The van der Waals surface area contributed by atoms with Crippen molar-refractivity contribution in [1.29, 1.82) is 0 Å². The minimum atomic E-state index is -3.68. The summed E-state index contributed by atoms with van der Waals surface area (Å²) in [6, 6.07) is 16.3. The third kappa shape index (κ3) is 4.36. The second-order valence-electron chi connectivity index (χ2n) is 8.75. The van der Waals surface area contributed by atoms with Crippen molar-refractivity contribution in [2.24, 2.45) is 5.73 Å². The molecule has 2 atom stereocenters. The topological polar surface area (TPSA) is 137 Å².